The Kier molecular flexibility index (Phi) is 4.01. The number of nitrogens with zero attached hydrogens (tertiary/aromatic N) is 1. The number of hydrogen-bond acceptors (Lipinski definition) is 3. The lowest BCUT2D eigenvalue weighted by atomic mass is 10.2. The maximum absolute atomic E-state index is 11.7. The Bertz CT molecular complexity index is 485. The molecule has 1 aromatic heterocycles. The maximum atomic E-state index is 11.7. The van der Waals surface area contributed by atoms with Crippen LogP contribution >= 0.6 is 28.3 Å². The summed E-state index contributed by atoms with van der Waals surface area (Å²) in [7, 11) is 1.62. The predicted octanol–water partition coefficient (Wildman–Crippen LogP) is 0.999. The Morgan fingerprint density at radius 1 is 1.59 bits per heavy atom. The van der Waals surface area contributed by atoms with Crippen LogP contribution in [-0.4, -0.2) is 16.0 Å². The molecule has 0 spiro atoms. The van der Waals surface area contributed by atoms with Gasteiger partial charge in [0.05, 0.1) is 15.7 Å². The van der Waals surface area contributed by atoms with Gasteiger partial charge in [0, 0.05) is 13.2 Å². The van der Waals surface area contributed by atoms with Crippen LogP contribution in [0.2, 0.25) is 0 Å². The van der Waals surface area contributed by atoms with Crippen molar-refractivity contribution < 1.29 is 4.79 Å². The number of rotatable bonds is 2. The van der Waals surface area contributed by atoms with Gasteiger partial charge in [-0.25, -0.2) is 0 Å². The monoisotopic (exact) mass is 321 g/mol. The third-order valence-corrected chi connectivity index (χ3v) is 3.21. The first kappa shape index (κ1) is 14.2. The molecule has 1 aliphatic carbocycles. The van der Waals surface area contributed by atoms with E-state index in [1.54, 1.807) is 19.3 Å². The van der Waals surface area contributed by atoms with Gasteiger partial charge >= 0.3 is 0 Å². The third kappa shape index (κ3) is 2.88. The smallest absolute Gasteiger partial charge is 0.264 e. The summed E-state index contributed by atoms with van der Waals surface area (Å²) in [5.41, 5.74) is 5.46. The fraction of sp³-hybridized carbons (Fsp3) is 0.400. The molecule has 5 nitrogen and oxygen atoms in total. The van der Waals surface area contributed by atoms with Crippen LogP contribution in [0.25, 0.3) is 0 Å². The van der Waals surface area contributed by atoms with Crippen LogP contribution in [0.1, 0.15) is 12.8 Å². The normalized spacial score (nSPS) is 15.9. The number of nitrogens with two attached hydrogens (primary N) is 1. The van der Waals surface area contributed by atoms with Crippen molar-refractivity contribution in [2.75, 3.05) is 5.32 Å². The molecule has 1 saturated carbocycles. The molecule has 0 aliphatic heterocycles. The lowest BCUT2D eigenvalue weighted by Crippen LogP contribution is -2.38. The minimum absolute atomic E-state index is 0. The molecule has 94 valence electrons. The van der Waals surface area contributed by atoms with Crippen molar-refractivity contribution in [2.24, 2.45) is 12.8 Å². The highest BCUT2D eigenvalue weighted by atomic mass is 79.9. The predicted molar refractivity (Wildman–Crippen MR) is 71.4 cm³/mol. The second-order valence-corrected chi connectivity index (χ2v) is 4.96. The Hall–Kier alpha value is -0.850. The van der Waals surface area contributed by atoms with Crippen molar-refractivity contribution in [3.8, 4) is 0 Å². The highest BCUT2D eigenvalue weighted by molar-refractivity contribution is 9.10. The van der Waals surface area contributed by atoms with Gasteiger partial charge in [-0.1, -0.05) is 0 Å². The summed E-state index contributed by atoms with van der Waals surface area (Å²) in [6.07, 6.45) is 2.99. The van der Waals surface area contributed by atoms with Crippen molar-refractivity contribution >= 4 is 39.9 Å². The lowest BCUT2D eigenvalue weighted by Gasteiger charge is -2.11. The van der Waals surface area contributed by atoms with Crippen LogP contribution < -0.4 is 16.6 Å². The molecule has 0 atom stereocenters. The van der Waals surface area contributed by atoms with E-state index >= 15 is 0 Å². The highest BCUT2D eigenvalue weighted by Gasteiger charge is 2.45. The molecule has 1 fully saturated rings. The van der Waals surface area contributed by atoms with Crippen molar-refractivity contribution in [1.29, 1.82) is 0 Å². The minimum Gasteiger partial charge on any atom is -0.323 e. The van der Waals surface area contributed by atoms with Crippen LogP contribution in [0, 0.1) is 0 Å². The molecule has 7 heteroatoms. The lowest BCUT2D eigenvalue weighted by molar-refractivity contribution is -0.118. The number of anilines is 1. The summed E-state index contributed by atoms with van der Waals surface area (Å²) >= 11 is 3.14. The van der Waals surface area contributed by atoms with Gasteiger partial charge in [-0.15, -0.1) is 12.4 Å². The van der Waals surface area contributed by atoms with Gasteiger partial charge in [0.1, 0.15) is 0 Å². The summed E-state index contributed by atoms with van der Waals surface area (Å²) in [5, 5.41) is 2.70. The van der Waals surface area contributed by atoms with Gasteiger partial charge in [-0.3, -0.25) is 9.59 Å². The molecule has 0 unspecified atom stereocenters. The number of aryl methyl sites for hydroxylation is 1. The van der Waals surface area contributed by atoms with Gasteiger partial charge in [-0.05, 0) is 34.8 Å². The number of aromatic nitrogens is 1. The van der Waals surface area contributed by atoms with E-state index in [2.05, 4.69) is 21.2 Å². The molecule has 0 radical (unpaired) electrons. The zero-order valence-corrected chi connectivity index (χ0v) is 11.6. The molecule has 2 rings (SSSR count). The second-order valence-electron chi connectivity index (χ2n) is 4.10. The van der Waals surface area contributed by atoms with E-state index in [-0.39, 0.29) is 23.9 Å². The molecular formula is C10H13BrClN3O2. The van der Waals surface area contributed by atoms with Gasteiger partial charge < -0.3 is 15.6 Å². The van der Waals surface area contributed by atoms with Crippen LogP contribution in [0.5, 0.6) is 0 Å². The zero-order valence-electron chi connectivity index (χ0n) is 9.20. The topological polar surface area (TPSA) is 77.1 Å². The Labute approximate surface area is 113 Å². The van der Waals surface area contributed by atoms with E-state index in [1.165, 1.54) is 4.57 Å². The first-order chi connectivity index (χ1) is 7.42. The summed E-state index contributed by atoms with van der Waals surface area (Å²) < 4.78 is 1.81. The minimum atomic E-state index is -0.707. The number of nitrogens with one attached hydrogen (secondary N) is 1. The molecule has 0 saturated heterocycles. The molecule has 0 bridgehead atoms. The number of carbonyl (C=O) groups excluding carboxylic acids is 1. The van der Waals surface area contributed by atoms with Crippen LogP contribution in [0.3, 0.4) is 0 Å². The molecule has 0 aromatic carbocycles. The first-order valence-electron chi connectivity index (χ1n) is 4.89. The molecule has 1 amide bonds. The fourth-order valence-electron chi connectivity index (χ4n) is 1.36. The van der Waals surface area contributed by atoms with Gasteiger partial charge in [0.25, 0.3) is 5.56 Å². The van der Waals surface area contributed by atoms with Crippen molar-refractivity contribution in [3.05, 3.63) is 27.1 Å². The largest absolute Gasteiger partial charge is 0.323 e. The van der Waals surface area contributed by atoms with Gasteiger partial charge in [-0.2, -0.15) is 0 Å². The van der Waals surface area contributed by atoms with Crippen LogP contribution in [0.4, 0.5) is 5.69 Å². The molecule has 1 aromatic rings. The SMILES string of the molecule is Cl.Cn1cc(NC(=O)C2(N)CC2)cc(Br)c1=O. The maximum Gasteiger partial charge on any atom is 0.264 e. The summed E-state index contributed by atoms with van der Waals surface area (Å²) in [6, 6.07) is 1.58. The van der Waals surface area contributed by atoms with Crippen LogP contribution in [-0.2, 0) is 11.8 Å². The second kappa shape index (κ2) is 4.80. The number of halogens is 2. The highest BCUT2D eigenvalue weighted by Crippen LogP contribution is 2.33. The standard InChI is InChI=1S/C10H12BrN3O2.ClH/c1-14-5-6(4-7(11)8(14)15)13-9(16)10(12)2-3-10;/h4-5H,2-3,12H2,1H3,(H,13,16);1H. The van der Waals surface area contributed by atoms with Crippen molar-refractivity contribution in [2.45, 2.75) is 18.4 Å². The van der Waals surface area contributed by atoms with E-state index in [0.717, 1.165) is 0 Å². The first-order valence-corrected chi connectivity index (χ1v) is 5.68. The molecule has 1 aliphatic rings. The molecule has 3 N–H and O–H groups in total. The fourth-order valence-corrected chi connectivity index (χ4v) is 1.88. The molecule has 1 heterocycles. The van der Waals surface area contributed by atoms with E-state index in [9.17, 15) is 9.59 Å². The Morgan fingerprint density at radius 2 is 2.18 bits per heavy atom. The quantitative estimate of drug-likeness (QED) is 0.853. The number of pyridine rings is 1. The number of hydrogen-bond donors (Lipinski definition) is 2. The average Bonchev–Trinajstić information content (AvgIpc) is 2.94. The van der Waals surface area contributed by atoms with Gasteiger partial charge in [0.2, 0.25) is 5.91 Å². The van der Waals surface area contributed by atoms with E-state index in [1.807, 2.05) is 0 Å². The molecular weight excluding hydrogens is 309 g/mol. The number of amides is 1. The Balaban J connectivity index is 0.00000144. The van der Waals surface area contributed by atoms with Crippen molar-refractivity contribution in [3.63, 3.8) is 0 Å². The van der Waals surface area contributed by atoms with E-state index in [4.69, 9.17) is 5.73 Å². The summed E-state index contributed by atoms with van der Waals surface area (Å²) in [6.45, 7) is 0. The summed E-state index contributed by atoms with van der Waals surface area (Å²) in [5.74, 6) is -0.196. The van der Waals surface area contributed by atoms with Crippen LogP contribution in [0.15, 0.2) is 21.5 Å². The van der Waals surface area contributed by atoms with E-state index < -0.39 is 5.54 Å². The van der Waals surface area contributed by atoms with Crippen molar-refractivity contribution in [1.82, 2.24) is 4.57 Å². The zero-order chi connectivity index (χ0) is 11.9. The average molecular weight is 323 g/mol. The molecule has 17 heavy (non-hydrogen) atoms. The number of carbonyl (C=O) groups is 1. The Morgan fingerprint density at radius 3 is 2.65 bits per heavy atom. The van der Waals surface area contributed by atoms with Gasteiger partial charge in [0.15, 0.2) is 0 Å². The summed E-state index contributed by atoms with van der Waals surface area (Å²) in [4.78, 5) is 23.1. The third-order valence-electron chi connectivity index (χ3n) is 2.64. The van der Waals surface area contributed by atoms with E-state index in [0.29, 0.717) is 23.0 Å².